The Kier molecular flexibility index (Phi) is 4.49. The lowest BCUT2D eigenvalue weighted by atomic mass is 10.0. The number of cyclic esters (lactones) is 1. The molecule has 0 radical (unpaired) electrons. The molecule has 0 spiro atoms. The van der Waals surface area contributed by atoms with E-state index in [2.05, 4.69) is 10.1 Å². The maximum Gasteiger partial charge on any atom is 0.410 e. The van der Waals surface area contributed by atoms with E-state index in [4.69, 9.17) is 4.74 Å². The summed E-state index contributed by atoms with van der Waals surface area (Å²) in [6.07, 6.45) is 3.80. The van der Waals surface area contributed by atoms with Gasteiger partial charge in [-0.05, 0) is 33.1 Å². The van der Waals surface area contributed by atoms with Crippen molar-refractivity contribution in [3.8, 4) is 0 Å². The Balaban J connectivity index is 1.45. The molecule has 8 nitrogen and oxygen atoms in total. The number of carbonyl (C=O) groups is 2. The molecule has 27 heavy (non-hydrogen) atoms. The van der Waals surface area contributed by atoms with E-state index in [9.17, 15) is 9.59 Å². The average Bonchev–Trinajstić information content (AvgIpc) is 3.24. The second kappa shape index (κ2) is 6.83. The van der Waals surface area contributed by atoms with Crippen LogP contribution in [0.2, 0.25) is 0 Å². The lowest BCUT2D eigenvalue weighted by molar-refractivity contribution is 0.0656. The summed E-state index contributed by atoms with van der Waals surface area (Å²) in [6, 6.07) is 2.04. The van der Waals surface area contributed by atoms with Crippen molar-refractivity contribution in [3.63, 3.8) is 0 Å². The van der Waals surface area contributed by atoms with Gasteiger partial charge in [0.2, 0.25) is 0 Å². The molecule has 0 aliphatic carbocycles. The van der Waals surface area contributed by atoms with Gasteiger partial charge in [0.05, 0.1) is 23.5 Å². The minimum atomic E-state index is -0.217. The van der Waals surface area contributed by atoms with Crippen molar-refractivity contribution in [2.45, 2.75) is 52.2 Å². The molecule has 1 unspecified atom stereocenters. The topological polar surface area (TPSA) is 80.0 Å². The molecule has 144 valence electrons. The molecule has 0 N–H and O–H groups in total. The fourth-order valence-corrected chi connectivity index (χ4v) is 3.98. The smallest absolute Gasteiger partial charge is 0.410 e. The van der Waals surface area contributed by atoms with Crippen molar-refractivity contribution >= 4 is 17.6 Å². The Morgan fingerprint density at radius 2 is 2.04 bits per heavy atom. The number of fused-ring (bicyclic) bond motifs is 1. The molecule has 2 amide bonds. The van der Waals surface area contributed by atoms with Crippen molar-refractivity contribution in [2.24, 2.45) is 0 Å². The lowest BCUT2D eigenvalue weighted by Gasteiger charge is -2.35. The Morgan fingerprint density at radius 1 is 1.30 bits per heavy atom. The first-order valence-corrected chi connectivity index (χ1v) is 9.56. The van der Waals surface area contributed by atoms with Crippen LogP contribution in [-0.4, -0.2) is 68.2 Å². The summed E-state index contributed by atoms with van der Waals surface area (Å²) in [4.78, 5) is 33.1. The van der Waals surface area contributed by atoms with E-state index < -0.39 is 0 Å². The van der Waals surface area contributed by atoms with Crippen molar-refractivity contribution in [3.05, 3.63) is 29.2 Å². The van der Waals surface area contributed by atoms with Crippen molar-refractivity contribution in [1.29, 1.82) is 0 Å². The number of likely N-dealkylation sites (tertiary alicyclic amines) is 1. The highest BCUT2D eigenvalue weighted by molar-refractivity contribution is 5.95. The number of hydrogen-bond acceptors (Lipinski definition) is 5. The Morgan fingerprint density at radius 3 is 2.70 bits per heavy atom. The van der Waals surface area contributed by atoms with E-state index in [1.54, 1.807) is 10.7 Å². The predicted octanol–water partition coefficient (Wildman–Crippen LogP) is 2.18. The zero-order chi connectivity index (χ0) is 19.1. The largest absolute Gasteiger partial charge is 0.444 e. The summed E-state index contributed by atoms with van der Waals surface area (Å²) in [6.45, 7) is 7.74. The van der Waals surface area contributed by atoms with Crippen LogP contribution in [0.5, 0.6) is 0 Å². The fraction of sp³-hybridized carbons (Fsp3) is 0.579. The SMILES string of the molecule is CCC1CN(C2CCN(C(=O)c3cnc4cc(C)nn4c3C)CC2)C(=O)O1. The van der Waals surface area contributed by atoms with Gasteiger partial charge in [-0.1, -0.05) is 6.92 Å². The molecular weight excluding hydrogens is 346 g/mol. The fourth-order valence-electron chi connectivity index (χ4n) is 3.98. The van der Waals surface area contributed by atoms with Gasteiger partial charge in [-0.15, -0.1) is 0 Å². The van der Waals surface area contributed by atoms with E-state index >= 15 is 0 Å². The molecule has 0 aromatic carbocycles. The number of piperidine rings is 1. The van der Waals surface area contributed by atoms with E-state index in [1.807, 2.05) is 36.6 Å². The minimum Gasteiger partial charge on any atom is -0.444 e. The highest BCUT2D eigenvalue weighted by Crippen LogP contribution is 2.24. The molecule has 2 aromatic heterocycles. The van der Waals surface area contributed by atoms with Gasteiger partial charge in [-0.3, -0.25) is 4.79 Å². The van der Waals surface area contributed by atoms with Gasteiger partial charge in [0.1, 0.15) is 6.10 Å². The van der Waals surface area contributed by atoms with Crippen LogP contribution in [-0.2, 0) is 4.74 Å². The van der Waals surface area contributed by atoms with Crippen LogP contribution in [0.4, 0.5) is 4.79 Å². The van der Waals surface area contributed by atoms with Crippen LogP contribution in [0.1, 0.15) is 47.9 Å². The van der Waals surface area contributed by atoms with Crippen molar-refractivity contribution in [1.82, 2.24) is 24.4 Å². The van der Waals surface area contributed by atoms with E-state index in [0.29, 0.717) is 25.2 Å². The zero-order valence-corrected chi connectivity index (χ0v) is 16.0. The average molecular weight is 371 g/mol. The zero-order valence-electron chi connectivity index (χ0n) is 16.0. The van der Waals surface area contributed by atoms with Gasteiger partial charge >= 0.3 is 6.09 Å². The summed E-state index contributed by atoms with van der Waals surface area (Å²) < 4.78 is 7.09. The van der Waals surface area contributed by atoms with Crippen LogP contribution < -0.4 is 0 Å². The maximum atomic E-state index is 13.0. The van der Waals surface area contributed by atoms with Gasteiger partial charge in [0, 0.05) is 31.4 Å². The standard InChI is InChI=1S/C19H25N5O3/c1-4-15-11-23(19(26)27-15)14-5-7-22(8-6-14)18(25)16-10-20-17-9-12(2)21-24(17)13(16)3/h9-10,14-15H,4-8,11H2,1-3H3. The monoisotopic (exact) mass is 371 g/mol. The molecule has 0 saturated carbocycles. The number of amides is 2. The number of rotatable bonds is 3. The van der Waals surface area contributed by atoms with Crippen LogP contribution in [0.15, 0.2) is 12.3 Å². The second-order valence-electron chi connectivity index (χ2n) is 7.40. The normalized spacial score (nSPS) is 21.1. The molecule has 8 heteroatoms. The molecule has 2 aromatic rings. The third kappa shape index (κ3) is 3.13. The second-order valence-corrected chi connectivity index (χ2v) is 7.40. The Labute approximate surface area is 158 Å². The van der Waals surface area contributed by atoms with Gasteiger partial charge in [0.15, 0.2) is 5.65 Å². The van der Waals surface area contributed by atoms with Crippen LogP contribution in [0.3, 0.4) is 0 Å². The van der Waals surface area contributed by atoms with Crippen LogP contribution in [0, 0.1) is 13.8 Å². The first-order chi connectivity index (χ1) is 13.0. The van der Waals surface area contributed by atoms with Crippen molar-refractivity contribution < 1.29 is 14.3 Å². The maximum absolute atomic E-state index is 13.0. The van der Waals surface area contributed by atoms with E-state index in [0.717, 1.165) is 36.3 Å². The Bertz CT molecular complexity index is 885. The molecule has 4 rings (SSSR count). The van der Waals surface area contributed by atoms with E-state index in [-0.39, 0.29) is 24.1 Å². The number of nitrogens with zero attached hydrogens (tertiary/aromatic N) is 5. The molecule has 2 fully saturated rings. The number of carbonyl (C=O) groups excluding carboxylic acids is 2. The molecule has 1 atom stereocenters. The molecule has 2 aliphatic rings. The highest BCUT2D eigenvalue weighted by atomic mass is 16.6. The van der Waals surface area contributed by atoms with Crippen LogP contribution in [0.25, 0.3) is 5.65 Å². The lowest BCUT2D eigenvalue weighted by Crippen LogP contribution is -2.47. The first-order valence-electron chi connectivity index (χ1n) is 9.56. The molecule has 2 aliphatic heterocycles. The number of ether oxygens (including phenoxy) is 1. The third-order valence-corrected chi connectivity index (χ3v) is 5.63. The summed E-state index contributed by atoms with van der Waals surface area (Å²) in [7, 11) is 0. The molecule has 0 bridgehead atoms. The summed E-state index contributed by atoms with van der Waals surface area (Å²) in [5, 5.41) is 4.41. The van der Waals surface area contributed by atoms with Gasteiger partial charge in [0.25, 0.3) is 5.91 Å². The quantitative estimate of drug-likeness (QED) is 0.826. The molecule has 4 heterocycles. The van der Waals surface area contributed by atoms with Crippen molar-refractivity contribution in [2.75, 3.05) is 19.6 Å². The van der Waals surface area contributed by atoms with Gasteiger partial charge < -0.3 is 14.5 Å². The summed E-state index contributed by atoms with van der Waals surface area (Å²) in [5.74, 6) is -0.0241. The predicted molar refractivity (Wildman–Crippen MR) is 98.7 cm³/mol. The van der Waals surface area contributed by atoms with Crippen LogP contribution >= 0.6 is 0 Å². The summed E-state index contributed by atoms with van der Waals surface area (Å²) in [5.41, 5.74) is 3.00. The van der Waals surface area contributed by atoms with E-state index in [1.165, 1.54) is 0 Å². The summed E-state index contributed by atoms with van der Waals surface area (Å²) >= 11 is 0. The van der Waals surface area contributed by atoms with Gasteiger partial charge in [-0.2, -0.15) is 5.10 Å². The number of aryl methyl sites for hydroxylation is 2. The number of hydrogen-bond donors (Lipinski definition) is 0. The molecule has 2 saturated heterocycles. The first kappa shape index (κ1) is 17.8. The van der Waals surface area contributed by atoms with Gasteiger partial charge in [-0.25, -0.2) is 14.3 Å². The molecular formula is C19H25N5O3. The highest BCUT2D eigenvalue weighted by Gasteiger charge is 2.37. The Hall–Kier alpha value is -2.64. The number of aromatic nitrogens is 3. The third-order valence-electron chi connectivity index (χ3n) is 5.63. The minimum absolute atomic E-state index is 0.00450.